The van der Waals surface area contributed by atoms with Gasteiger partial charge in [-0.25, -0.2) is 4.98 Å². The van der Waals surface area contributed by atoms with Crippen LogP contribution in [-0.4, -0.2) is 42.0 Å². The standard InChI is InChI=1S/C19H17N7O3/c27-19-16(26(28)29)18(20-14-7-1-4-11-25(14)19)23-9-5-6-13(12-23)17-22-21-15-8-2-3-10-24(15)17/h1-4,7-8,10-11,13H,5-6,9,12H2. The minimum Gasteiger partial charge on any atom is -0.350 e. The predicted molar refractivity (Wildman–Crippen MR) is 105 cm³/mol. The first-order chi connectivity index (χ1) is 14.1. The van der Waals surface area contributed by atoms with E-state index in [1.54, 1.807) is 18.2 Å². The predicted octanol–water partition coefficient (Wildman–Crippen LogP) is 2.03. The molecule has 0 aliphatic carbocycles. The fraction of sp³-hybridized carbons (Fsp3) is 0.263. The van der Waals surface area contributed by atoms with Gasteiger partial charge in [-0.1, -0.05) is 12.1 Å². The Morgan fingerprint density at radius 2 is 1.79 bits per heavy atom. The molecule has 10 heteroatoms. The third kappa shape index (κ3) is 2.80. The fourth-order valence-corrected chi connectivity index (χ4v) is 3.97. The number of fused-ring (bicyclic) bond motifs is 2. The van der Waals surface area contributed by atoms with Crippen LogP contribution in [0.5, 0.6) is 0 Å². The third-order valence-corrected chi connectivity index (χ3v) is 5.30. The average molecular weight is 391 g/mol. The van der Waals surface area contributed by atoms with Crippen LogP contribution < -0.4 is 10.5 Å². The summed E-state index contributed by atoms with van der Waals surface area (Å²) in [6.07, 6.45) is 5.08. The van der Waals surface area contributed by atoms with Crippen LogP contribution in [0.3, 0.4) is 0 Å². The maximum Gasteiger partial charge on any atom is 0.376 e. The molecule has 1 atom stereocenters. The van der Waals surface area contributed by atoms with Crippen molar-refractivity contribution in [3.05, 3.63) is 75.1 Å². The number of pyridine rings is 2. The number of anilines is 1. The summed E-state index contributed by atoms with van der Waals surface area (Å²) in [6, 6.07) is 10.8. The lowest BCUT2D eigenvalue weighted by atomic mass is 9.97. The van der Waals surface area contributed by atoms with Crippen molar-refractivity contribution in [1.29, 1.82) is 0 Å². The highest BCUT2D eigenvalue weighted by Crippen LogP contribution is 2.31. The summed E-state index contributed by atoms with van der Waals surface area (Å²) in [7, 11) is 0. The monoisotopic (exact) mass is 391 g/mol. The molecule has 1 fully saturated rings. The zero-order valence-corrected chi connectivity index (χ0v) is 15.4. The quantitative estimate of drug-likeness (QED) is 0.388. The Bertz CT molecular complexity index is 1300. The van der Waals surface area contributed by atoms with E-state index < -0.39 is 16.2 Å². The van der Waals surface area contributed by atoms with E-state index in [0.717, 1.165) is 24.3 Å². The average Bonchev–Trinajstić information content (AvgIpc) is 3.18. The largest absolute Gasteiger partial charge is 0.376 e. The van der Waals surface area contributed by atoms with Gasteiger partial charge in [0.25, 0.3) is 0 Å². The van der Waals surface area contributed by atoms with Crippen molar-refractivity contribution in [2.45, 2.75) is 18.8 Å². The van der Waals surface area contributed by atoms with Crippen LogP contribution in [0.1, 0.15) is 24.6 Å². The van der Waals surface area contributed by atoms with Crippen LogP contribution in [0, 0.1) is 10.1 Å². The van der Waals surface area contributed by atoms with Gasteiger partial charge in [-0.3, -0.25) is 23.7 Å². The van der Waals surface area contributed by atoms with Crippen molar-refractivity contribution < 1.29 is 4.92 Å². The molecule has 10 nitrogen and oxygen atoms in total. The molecule has 1 aliphatic heterocycles. The molecule has 0 N–H and O–H groups in total. The Kier molecular flexibility index (Phi) is 3.97. The van der Waals surface area contributed by atoms with Crippen molar-refractivity contribution in [3.8, 4) is 0 Å². The van der Waals surface area contributed by atoms with Gasteiger partial charge in [-0.2, -0.15) is 0 Å². The lowest BCUT2D eigenvalue weighted by Crippen LogP contribution is -2.37. The van der Waals surface area contributed by atoms with E-state index in [4.69, 9.17) is 0 Å². The van der Waals surface area contributed by atoms with Gasteiger partial charge >= 0.3 is 11.2 Å². The van der Waals surface area contributed by atoms with E-state index in [1.165, 1.54) is 10.6 Å². The van der Waals surface area contributed by atoms with Crippen LogP contribution in [-0.2, 0) is 0 Å². The first-order valence-electron chi connectivity index (χ1n) is 9.34. The second kappa shape index (κ2) is 6.66. The van der Waals surface area contributed by atoms with Crippen LogP contribution in [0.15, 0.2) is 53.6 Å². The summed E-state index contributed by atoms with van der Waals surface area (Å²) in [5.74, 6) is 0.951. The van der Waals surface area contributed by atoms with Crippen LogP contribution in [0.25, 0.3) is 11.3 Å². The zero-order valence-electron chi connectivity index (χ0n) is 15.4. The second-order valence-electron chi connectivity index (χ2n) is 7.05. The third-order valence-electron chi connectivity index (χ3n) is 5.30. The van der Waals surface area contributed by atoms with Crippen molar-refractivity contribution in [2.75, 3.05) is 18.0 Å². The molecule has 0 amide bonds. The SMILES string of the molecule is O=c1c([N+](=O)[O-])c(N2CCCC(c3nnc4ccccn34)C2)nc2ccccn12. The lowest BCUT2D eigenvalue weighted by molar-refractivity contribution is -0.385. The molecule has 0 spiro atoms. The molecule has 146 valence electrons. The summed E-state index contributed by atoms with van der Waals surface area (Å²) in [5, 5.41) is 20.3. The number of nitrogens with zero attached hydrogens (tertiary/aromatic N) is 7. The van der Waals surface area contributed by atoms with Gasteiger partial charge in [0, 0.05) is 31.4 Å². The molecule has 1 saturated heterocycles. The number of rotatable bonds is 3. The van der Waals surface area contributed by atoms with Gasteiger partial charge in [-0.05, 0) is 37.1 Å². The van der Waals surface area contributed by atoms with Crippen molar-refractivity contribution in [2.24, 2.45) is 0 Å². The molecule has 29 heavy (non-hydrogen) atoms. The highest BCUT2D eigenvalue weighted by Gasteiger charge is 2.32. The van der Waals surface area contributed by atoms with E-state index in [0.29, 0.717) is 18.7 Å². The summed E-state index contributed by atoms with van der Waals surface area (Å²) < 4.78 is 3.14. The first-order valence-corrected chi connectivity index (χ1v) is 9.34. The maximum absolute atomic E-state index is 12.7. The second-order valence-corrected chi connectivity index (χ2v) is 7.05. The Labute approximate surface area is 164 Å². The Morgan fingerprint density at radius 3 is 2.59 bits per heavy atom. The van der Waals surface area contributed by atoms with Gasteiger partial charge in [0.2, 0.25) is 5.82 Å². The normalized spacial score (nSPS) is 17.1. The first kappa shape index (κ1) is 17.3. The Hall–Kier alpha value is -3.82. The molecule has 0 radical (unpaired) electrons. The number of aromatic nitrogens is 5. The van der Waals surface area contributed by atoms with Gasteiger partial charge in [-0.15, -0.1) is 10.2 Å². The summed E-state index contributed by atoms with van der Waals surface area (Å²) in [5.41, 5.74) is -0.0352. The molecular weight excluding hydrogens is 374 g/mol. The van der Waals surface area contributed by atoms with E-state index in [1.807, 2.05) is 33.7 Å². The van der Waals surface area contributed by atoms with Gasteiger partial charge < -0.3 is 4.90 Å². The summed E-state index contributed by atoms with van der Waals surface area (Å²) in [4.78, 5) is 30.1. The number of piperidine rings is 1. The highest BCUT2D eigenvalue weighted by atomic mass is 16.6. The van der Waals surface area contributed by atoms with E-state index >= 15 is 0 Å². The highest BCUT2D eigenvalue weighted by molar-refractivity contribution is 5.61. The molecule has 0 saturated carbocycles. The van der Waals surface area contributed by atoms with E-state index in [-0.39, 0.29) is 11.7 Å². The number of hydrogen-bond donors (Lipinski definition) is 0. The molecule has 1 unspecified atom stereocenters. The molecule has 0 aromatic carbocycles. The van der Waals surface area contributed by atoms with Crippen molar-refractivity contribution in [1.82, 2.24) is 24.0 Å². The van der Waals surface area contributed by atoms with E-state index in [2.05, 4.69) is 15.2 Å². The molecule has 4 aromatic rings. The minimum absolute atomic E-state index is 0.0248. The molecule has 5 heterocycles. The molecule has 0 bridgehead atoms. The van der Waals surface area contributed by atoms with Crippen LogP contribution >= 0.6 is 0 Å². The van der Waals surface area contributed by atoms with Gasteiger partial charge in [0.15, 0.2) is 5.65 Å². The van der Waals surface area contributed by atoms with E-state index in [9.17, 15) is 14.9 Å². The Balaban J connectivity index is 1.59. The number of nitro groups is 1. The minimum atomic E-state index is -0.675. The maximum atomic E-state index is 12.7. The van der Waals surface area contributed by atoms with Gasteiger partial charge in [0.05, 0.1) is 4.92 Å². The Morgan fingerprint density at radius 1 is 1.03 bits per heavy atom. The van der Waals surface area contributed by atoms with Crippen LogP contribution in [0.2, 0.25) is 0 Å². The lowest BCUT2D eigenvalue weighted by Gasteiger charge is -2.32. The molecule has 5 rings (SSSR count). The molecule has 4 aromatic heterocycles. The number of hydrogen-bond acceptors (Lipinski definition) is 7. The summed E-state index contributed by atoms with van der Waals surface area (Å²) in [6.45, 7) is 1.06. The molecule has 1 aliphatic rings. The summed E-state index contributed by atoms with van der Waals surface area (Å²) >= 11 is 0. The van der Waals surface area contributed by atoms with Crippen molar-refractivity contribution in [3.63, 3.8) is 0 Å². The fourth-order valence-electron chi connectivity index (χ4n) is 3.97. The smallest absolute Gasteiger partial charge is 0.350 e. The van der Waals surface area contributed by atoms with Gasteiger partial charge in [0.1, 0.15) is 11.5 Å². The van der Waals surface area contributed by atoms with Crippen LogP contribution in [0.4, 0.5) is 11.5 Å². The van der Waals surface area contributed by atoms with Crippen molar-refractivity contribution >= 4 is 22.8 Å². The topological polar surface area (TPSA) is 111 Å². The zero-order chi connectivity index (χ0) is 20.0. The molecular formula is C19H17N7O3.